The quantitative estimate of drug-likeness (QED) is 0.549. The van der Waals surface area contributed by atoms with Crippen LogP contribution in [-0.2, 0) is 6.61 Å². The number of aromatic nitrogens is 5. The topological polar surface area (TPSA) is 68.1 Å². The number of fused-ring (bicyclic) bond motifs is 5. The molecule has 25 heavy (non-hydrogen) atoms. The van der Waals surface area contributed by atoms with E-state index in [1.807, 2.05) is 49.5 Å². The van der Waals surface area contributed by atoms with E-state index in [-0.39, 0.29) is 0 Å². The number of aromatic amines is 1. The fourth-order valence-corrected chi connectivity index (χ4v) is 3.10. The van der Waals surface area contributed by atoms with Gasteiger partial charge in [0.15, 0.2) is 5.82 Å². The fraction of sp³-hybridized carbons (Fsp3) is 0.105. The number of H-pyrrole nitrogens is 1. The molecule has 5 aromatic rings. The Hall–Kier alpha value is -3.41. The van der Waals surface area contributed by atoms with Crippen LogP contribution in [0.5, 0.6) is 5.75 Å². The molecule has 0 bridgehead atoms. The summed E-state index contributed by atoms with van der Waals surface area (Å²) in [7, 11) is 0. The average molecular weight is 329 g/mol. The van der Waals surface area contributed by atoms with Gasteiger partial charge in [0.25, 0.3) is 0 Å². The summed E-state index contributed by atoms with van der Waals surface area (Å²) in [5, 5.41) is 14.9. The lowest BCUT2D eigenvalue weighted by atomic mass is 10.2. The van der Waals surface area contributed by atoms with Crippen LogP contribution >= 0.6 is 0 Å². The smallest absolute Gasteiger partial charge is 0.201 e. The van der Waals surface area contributed by atoms with E-state index in [1.165, 1.54) is 0 Å². The first kappa shape index (κ1) is 14.0. The molecule has 0 aliphatic heterocycles. The zero-order chi connectivity index (χ0) is 16.8. The molecule has 0 saturated heterocycles. The van der Waals surface area contributed by atoms with Crippen LogP contribution in [-0.4, -0.2) is 24.8 Å². The molecule has 2 aromatic carbocycles. The van der Waals surface area contributed by atoms with Gasteiger partial charge in [-0.15, -0.1) is 10.2 Å². The van der Waals surface area contributed by atoms with Gasteiger partial charge in [0, 0.05) is 16.3 Å². The molecular weight excluding hydrogens is 314 g/mol. The van der Waals surface area contributed by atoms with Gasteiger partial charge in [-0.2, -0.15) is 9.61 Å². The molecule has 3 heterocycles. The second kappa shape index (κ2) is 5.31. The highest BCUT2D eigenvalue weighted by molar-refractivity contribution is 6.11. The van der Waals surface area contributed by atoms with Gasteiger partial charge in [-0.25, -0.2) is 0 Å². The maximum Gasteiger partial charge on any atom is 0.201 e. The van der Waals surface area contributed by atoms with E-state index < -0.39 is 0 Å². The number of benzene rings is 2. The molecule has 3 aromatic heterocycles. The van der Waals surface area contributed by atoms with Crippen LogP contribution in [0, 0.1) is 6.92 Å². The summed E-state index contributed by atoms with van der Waals surface area (Å²) < 4.78 is 7.68. The van der Waals surface area contributed by atoms with Crippen LogP contribution in [0.15, 0.2) is 54.7 Å². The minimum absolute atomic E-state index is 0.542. The Labute approximate surface area is 143 Å². The van der Waals surface area contributed by atoms with E-state index >= 15 is 0 Å². The van der Waals surface area contributed by atoms with Crippen LogP contribution in [0.4, 0.5) is 0 Å². The lowest BCUT2D eigenvalue weighted by molar-refractivity contribution is 0.306. The highest BCUT2D eigenvalue weighted by Gasteiger charge is 2.12. The van der Waals surface area contributed by atoms with Crippen molar-refractivity contribution in [3.63, 3.8) is 0 Å². The molecule has 1 N–H and O–H groups in total. The third-order valence-corrected chi connectivity index (χ3v) is 4.38. The standard InChI is InChI=1S/C19H15N5O/c1-12-22-23-19-18-16(10-20-24(12)19)15-9-14(7-8-17(15)21-18)25-11-13-5-3-2-4-6-13/h2-10,21H,11H2,1H3. The zero-order valence-corrected chi connectivity index (χ0v) is 13.6. The van der Waals surface area contributed by atoms with E-state index in [0.717, 1.165) is 44.6 Å². The molecule has 5 rings (SSSR count). The van der Waals surface area contributed by atoms with Crippen molar-refractivity contribution < 1.29 is 4.74 Å². The van der Waals surface area contributed by atoms with Crippen molar-refractivity contribution in [3.8, 4) is 5.75 Å². The Morgan fingerprint density at radius 3 is 2.80 bits per heavy atom. The van der Waals surface area contributed by atoms with Crippen LogP contribution in [0.1, 0.15) is 11.4 Å². The van der Waals surface area contributed by atoms with Gasteiger partial charge in [-0.05, 0) is 30.7 Å². The van der Waals surface area contributed by atoms with Crippen molar-refractivity contribution in [2.45, 2.75) is 13.5 Å². The van der Waals surface area contributed by atoms with Crippen molar-refractivity contribution >= 4 is 27.5 Å². The van der Waals surface area contributed by atoms with Crippen LogP contribution in [0.25, 0.3) is 27.5 Å². The molecular formula is C19H15N5O. The molecule has 6 heteroatoms. The molecule has 0 radical (unpaired) electrons. The molecule has 0 atom stereocenters. The lowest BCUT2D eigenvalue weighted by Gasteiger charge is -2.06. The van der Waals surface area contributed by atoms with Crippen molar-refractivity contribution in [2.24, 2.45) is 0 Å². The summed E-state index contributed by atoms with van der Waals surface area (Å²) in [4.78, 5) is 3.42. The second-order valence-electron chi connectivity index (χ2n) is 6.02. The molecule has 0 fully saturated rings. The highest BCUT2D eigenvalue weighted by atomic mass is 16.5. The number of hydrogen-bond donors (Lipinski definition) is 1. The lowest BCUT2D eigenvalue weighted by Crippen LogP contribution is -1.94. The van der Waals surface area contributed by atoms with Gasteiger partial charge in [-0.1, -0.05) is 30.3 Å². The van der Waals surface area contributed by atoms with Crippen molar-refractivity contribution in [3.05, 3.63) is 66.1 Å². The number of nitrogens with one attached hydrogen (secondary N) is 1. The van der Waals surface area contributed by atoms with Crippen LogP contribution < -0.4 is 4.74 Å². The summed E-state index contributed by atoms with van der Waals surface area (Å²) in [6.07, 6.45) is 1.85. The number of hydrogen-bond acceptors (Lipinski definition) is 4. The van der Waals surface area contributed by atoms with Gasteiger partial charge >= 0.3 is 0 Å². The number of aryl methyl sites for hydroxylation is 1. The van der Waals surface area contributed by atoms with Gasteiger partial charge in [-0.3, -0.25) is 0 Å². The summed E-state index contributed by atoms with van der Waals surface area (Å²) in [5.41, 5.74) is 3.84. The van der Waals surface area contributed by atoms with Gasteiger partial charge in [0.1, 0.15) is 12.4 Å². The van der Waals surface area contributed by atoms with Crippen molar-refractivity contribution in [1.29, 1.82) is 0 Å². The monoisotopic (exact) mass is 329 g/mol. The molecule has 0 amide bonds. The largest absolute Gasteiger partial charge is 0.489 e. The fourth-order valence-electron chi connectivity index (χ4n) is 3.10. The summed E-state index contributed by atoms with van der Waals surface area (Å²) in [5.74, 6) is 1.59. The van der Waals surface area contributed by atoms with Crippen LogP contribution in [0.3, 0.4) is 0 Å². The number of nitrogens with zero attached hydrogens (tertiary/aromatic N) is 4. The first-order valence-corrected chi connectivity index (χ1v) is 8.09. The Morgan fingerprint density at radius 1 is 1.04 bits per heavy atom. The van der Waals surface area contributed by atoms with Crippen molar-refractivity contribution in [1.82, 2.24) is 24.8 Å². The highest BCUT2D eigenvalue weighted by Crippen LogP contribution is 2.30. The maximum absolute atomic E-state index is 5.94. The molecule has 122 valence electrons. The first-order valence-electron chi connectivity index (χ1n) is 8.09. The number of rotatable bonds is 3. The van der Waals surface area contributed by atoms with E-state index in [4.69, 9.17) is 4.74 Å². The summed E-state index contributed by atoms with van der Waals surface area (Å²) in [6.45, 7) is 2.43. The van der Waals surface area contributed by atoms with Gasteiger partial charge < -0.3 is 9.72 Å². The van der Waals surface area contributed by atoms with E-state index in [9.17, 15) is 0 Å². The molecule has 0 aliphatic carbocycles. The molecule has 0 aliphatic rings. The van der Waals surface area contributed by atoms with E-state index in [1.54, 1.807) is 4.52 Å². The Bertz CT molecular complexity index is 1210. The minimum atomic E-state index is 0.542. The van der Waals surface area contributed by atoms with Gasteiger partial charge in [0.2, 0.25) is 5.65 Å². The SMILES string of the molecule is Cc1nnc2c3[nH]c4ccc(OCc5ccccc5)cc4c3cnn12. The van der Waals surface area contributed by atoms with Crippen LogP contribution in [0.2, 0.25) is 0 Å². The summed E-state index contributed by atoms with van der Waals surface area (Å²) in [6, 6.07) is 16.2. The molecule has 0 spiro atoms. The predicted molar refractivity (Wildman–Crippen MR) is 95.7 cm³/mol. The number of ether oxygens (including phenoxy) is 1. The third kappa shape index (κ3) is 2.22. The maximum atomic E-state index is 5.94. The second-order valence-corrected chi connectivity index (χ2v) is 6.02. The molecule has 0 saturated carbocycles. The Morgan fingerprint density at radius 2 is 1.92 bits per heavy atom. The van der Waals surface area contributed by atoms with Gasteiger partial charge in [0.05, 0.1) is 11.7 Å². The minimum Gasteiger partial charge on any atom is -0.489 e. The first-order chi connectivity index (χ1) is 12.3. The third-order valence-electron chi connectivity index (χ3n) is 4.38. The predicted octanol–water partition coefficient (Wildman–Crippen LogP) is 3.65. The Balaban J connectivity index is 1.59. The van der Waals surface area contributed by atoms with E-state index in [0.29, 0.717) is 6.61 Å². The molecule has 6 nitrogen and oxygen atoms in total. The Kier molecular flexibility index (Phi) is 2.97. The zero-order valence-electron chi connectivity index (χ0n) is 13.6. The van der Waals surface area contributed by atoms with E-state index in [2.05, 4.69) is 32.4 Å². The summed E-state index contributed by atoms with van der Waals surface area (Å²) >= 11 is 0. The normalized spacial score (nSPS) is 11.6. The molecule has 0 unspecified atom stereocenters. The van der Waals surface area contributed by atoms with Crippen molar-refractivity contribution in [2.75, 3.05) is 0 Å². The average Bonchev–Trinajstić information content (AvgIpc) is 3.21.